The predicted molar refractivity (Wildman–Crippen MR) is 120 cm³/mol. The second kappa shape index (κ2) is 10.3. The normalized spacial score (nSPS) is 11.2. The van der Waals surface area contributed by atoms with Crippen LogP contribution in [-0.2, 0) is 17.8 Å². The summed E-state index contributed by atoms with van der Waals surface area (Å²) in [6.07, 6.45) is 3.34. The number of aliphatic imine (C=N–C) groups is 1. The van der Waals surface area contributed by atoms with Gasteiger partial charge in [0.25, 0.3) is 11.5 Å². The maximum Gasteiger partial charge on any atom is 0.300 e. The van der Waals surface area contributed by atoms with Crippen LogP contribution in [0.25, 0.3) is 0 Å². The first kappa shape index (κ1) is 23.9. The van der Waals surface area contributed by atoms with Crippen molar-refractivity contribution in [3.8, 4) is 17.6 Å². The number of fused-ring (bicyclic) bond motifs is 1. The molecule has 0 saturated heterocycles. The number of carboxylic acids is 1. The van der Waals surface area contributed by atoms with Crippen LogP contribution >= 0.6 is 23.2 Å². The van der Waals surface area contributed by atoms with Crippen LogP contribution in [0.3, 0.4) is 0 Å². The summed E-state index contributed by atoms with van der Waals surface area (Å²) in [5.74, 6) is -1.22. The summed E-state index contributed by atoms with van der Waals surface area (Å²) in [5, 5.41) is 16.8. The summed E-state index contributed by atoms with van der Waals surface area (Å²) >= 11 is 12.1. The van der Waals surface area contributed by atoms with Crippen molar-refractivity contribution < 1.29 is 19.0 Å². The zero-order valence-electron chi connectivity index (χ0n) is 17.1. The Balaban J connectivity index is 0.000000709. The van der Waals surface area contributed by atoms with Gasteiger partial charge in [0.15, 0.2) is 17.4 Å². The van der Waals surface area contributed by atoms with Crippen LogP contribution in [0.2, 0.25) is 10.0 Å². The fourth-order valence-electron chi connectivity index (χ4n) is 2.93. The molecule has 0 atom stereocenters. The minimum atomic E-state index is -0.833. The summed E-state index contributed by atoms with van der Waals surface area (Å²) in [7, 11) is 0. The molecule has 0 saturated carbocycles. The first-order valence-corrected chi connectivity index (χ1v) is 10.1. The highest BCUT2D eigenvalue weighted by molar-refractivity contribution is 6.32. The van der Waals surface area contributed by atoms with Gasteiger partial charge in [-0.05, 0) is 24.3 Å². The number of benzene rings is 2. The van der Waals surface area contributed by atoms with Crippen LogP contribution in [0, 0.1) is 17.1 Å². The van der Waals surface area contributed by atoms with Gasteiger partial charge in [-0.3, -0.25) is 14.2 Å². The molecule has 0 fully saturated rings. The molecule has 168 valence electrons. The molecule has 8 nitrogen and oxygen atoms in total. The zero-order chi connectivity index (χ0) is 24.1. The summed E-state index contributed by atoms with van der Waals surface area (Å²) in [6, 6.07) is 9.21. The summed E-state index contributed by atoms with van der Waals surface area (Å²) in [5.41, 5.74) is 0.645. The van der Waals surface area contributed by atoms with Crippen LogP contribution in [0.5, 0.6) is 11.5 Å². The Labute approximate surface area is 197 Å². The number of aliphatic carboxylic acids is 1. The molecule has 2 aromatic carbocycles. The molecule has 33 heavy (non-hydrogen) atoms. The second-order valence-electron chi connectivity index (χ2n) is 6.75. The molecular formula is C22H15Cl2FN4O4. The highest BCUT2D eigenvalue weighted by Gasteiger charge is 2.19. The van der Waals surface area contributed by atoms with Gasteiger partial charge in [0.2, 0.25) is 0 Å². The highest BCUT2D eigenvalue weighted by atomic mass is 35.5. The van der Waals surface area contributed by atoms with Gasteiger partial charge in [-0.2, -0.15) is 5.26 Å². The van der Waals surface area contributed by atoms with Crippen molar-refractivity contribution in [2.24, 2.45) is 4.99 Å². The Bertz CT molecular complexity index is 1360. The van der Waals surface area contributed by atoms with E-state index in [1.54, 1.807) is 6.21 Å². The number of halogens is 3. The molecule has 0 aliphatic carbocycles. The summed E-state index contributed by atoms with van der Waals surface area (Å²) in [4.78, 5) is 29.7. The topological polar surface area (TPSA) is 118 Å². The minimum Gasteiger partial charge on any atom is -0.481 e. The third kappa shape index (κ3) is 5.74. The maximum absolute atomic E-state index is 15.1. The smallest absolute Gasteiger partial charge is 0.300 e. The van der Waals surface area contributed by atoms with Gasteiger partial charge in [0.05, 0.1) is 28.8 Å². The molecule has 3 aromatic rings. The van der Waals surface area contributed by atoms with Crippen molar-refractivity contribution in [3.63, 3.8) is 0 Å². The molecule has 1 aromatic heterocycles. The highest BCUT2D eigenvalue weighted by Crippen LogP contribution is 2.35. The van der Waals surface area contributed by atoms with Crippen molar-refractivity contribution in [1.82, 2.24) is 9.55 Å². The van der Waals surface area contributed by atoms with Crippen LogP contribution in [-0.4, -0.2) is 26.8 Å². The molecule has 1 aliphatic rings. The number of ether oxygens (including phenoxy) is 1. The van der Waals surface area contributed by atoms with E-state index in [4.69, 9.17) is 43.1 Å². The van der Waals surface area contributed by atoms with Gasteiger partial charge in [0, 0.05) is 30.1 Å². The molecule has 0 unspecified atom stereocenters. The van der Waals surface area contributed by atoms with E-state index >= 15 is 4.39 Å². The average Bonchev–Trinajstić information content (AvgIpc) is 3.24. The van der Waals surface area contributed by atoms with Gasteiger partial charge in [0.1, 0.15) is 12.1 Å². The summed E-state index contributed by atoms with van der Waals surface area (Å²) < 4.78 is 22.0. The quantitative estimate of drug-likeness (QED) is 0.565. The lowest BCUT2D eigenvalue weighted by Gasteiger charge is -2.13. The van der Waals surface area contributed by atoms with Crippen LogP contribution in [0.4, 0.5) is 10.2 Å². The number of carbonyl (C=O) groups is 1. The standard InChI is InChI=1S/C20H11Cl2FN4O2.C2H4O2/c21-13-5-11(8-24)6-14(7-13)29-18-16(22)2-1-12(17(18)23)9-27-10-26-19-15(20(27)28)3-4-25-19;1-2(3)4/h1-2,4-7,10H,3,9H2;1H3,(H,3,4). The predicted octanol–water partition coefficient (Wildman–Crippen LogP) is 4.75. The van der Waals surface area contributed by atoms with Crippen LogP contribution in [0.15, 0.2) is 46.4 Å². The number of rotatable bonds is 4. The molecule has 0 radical (unpaired) electrons. The third-order valence-corrected chi connectivity index (χ3v) is 4.82. The lowest BCUT2D eigenvalue weighted by Crippen LogP contribution is -2.24. The fraction of sp³-hybridized carbons (Fsp3) is 0.136. The van der Waals surface area contributed by atoms with E-state index in [-0.39, 0.29) is 44.8 Å². The van der Waals surface area contributed by atoms with Crippen molar-refractivity contribution >= 4 is 41.2 Å². The van der Waals surface area contributed by atoms with Gasteiger partial charge in [-0.1, -0.05) is 29.3 Å². The van der Waals surface area contributed by atoms with Crippen molar-refractivity contribution in [3.05, 3.63) is 79.6 Å². The molecule has 0 amide bonds. The number of carboxylic acid groups (broad SMARTS) is 1. The Hall–Kier alpha value is -3.74. The van der Waals surface area contributed by atoms with E-state index in [9.17, 15) is 4.79 Å². The first-order chi connectivity index (χ1) is 15.7. The van der Waals surface area contributed by atoms with Gasteiger partial charge < -0.3 is 9.84 Å². The Morgan fingerprint density at radius 2 is 2.06 bits per heavy atom. The van der Waals surface area contributed by atoms with E-state index in [1.165, 1.54) is 41.2 Å². The molecule has 1 N–H and O–H groups in total. The number of hydrogen-bond acceptors (Lipinski definition) is 6. The lowest BCUT2D eigenvalue weighted by molar-refractivity contribution is -0.134. The molecule has 0 spiro atoms. The van der Waals surface area contributed by atoms with Crippen molar-refractivity contribution in [2.75, 3.05) is 0 Å². The average molecular weight is 489 g/mol. The Morgan fingerprint density at radius 3 is 2.76 bits per heavy atom. The fourth-order valence-corrected chi connectivity index (χ4v) is 3.34. The van der Waals surface area contributed by atoms with E-state index in [0.717, 1.165) is 6.92 Å². The number of hydrogen-bond donors (Lipinski definition) is 1. The largest absolute Gasteiger partial charge is 0.481 e. The van der Waals surface area contributed by atoms with Crippen LogP contribution < -0.4 is 10.3 Å². The van der Waals surface area contributed by atoms with E-state index in [0.29, 0.717) is 17.8 Å². The number of nitrogens with zero attached hydrogens (tertiary/aromatic N) is 4. The molecule has 4 rings (SSSR count). The minimum absolute atomic E-state index is 0.0394. The second-order valence-corrected chi connectivity index (χ2v) is 7.60. The summed E-state index contributed by atoms with van der Waals surface area (Å²) in [6.45, 7) is 1.03. The number of aromatic nitrogens is 2. The zero-order valence-corrected chi connectivity index (χ0v) is 18.6. The van der Waals surface area contributed by atoms with E-state index < -0.39 is 11.8 Å². The molecule has 11 heteroatoms. The first-order valence-electron chi connectivity index (χ1n) is 9.35. The molecule has 2 heterocycles. The van der Waals surface area contributed by atoms with Crippen LogP contribution in [0.1, 0.15) is 23.6 Å². The molecular weight excluding hydrogens is 474 g/mol. The van der Waals surface area contributed by atoms with Gasteiger partial charge in [-0.15, -0.1) is 0 Å². The van der Waals surface area contributed by atoms with Gasteiger partial charge >= 0.3 is 0 Å². The monoisotopic (exact) mass is 488 g/mol. The lowest BCUT2D eigenvalue weighted by atomic mass is 10.2. The third-order valence-electron chi connectivity index (χ3n) is 4.31. The maximum atomic E-state index is 15.1. The molecule has 0 bridgehead atoms. The Morgan fingerprint density at radius 1 is 1.33 bits per heavy atom. The number of nitriles is 1. The SMILES string of the molecule is CC(=O)O.N#Cc1cc(Cl)cc(Oc2c(Cl)ccc(Cn3cnc4c(c3=O)CC=N4)c2F)c1. The van der Waals surface area contributed by atoms with Crippen molar-refractivity contribution in [2.45, 2.75) is 19.9 Å². The van der Waals surface area contributed by atoms with Gasteiger partial charge in [-0.25, -0.2) is 14.4 Å². The Kier molecular flexibility index (Phi) is 7.43. The molecule has 1 aliphatic heterocycles. The van der Waals surface area contributed by atoms with E-state index in [1.807, 2.05) is 6.07 Å². The van der Waals surface area contributed by atoms with Crippen molar-refractivity contribution in [1.29, 1.82) is 5.26 Å². The van der Waals surface area contributed by atoms with E-state index in [2.05, 4.69) is 9.98 Å².